The van der Waals surface area contributed by atoms with Crippen molar-refractivity contribution >= 4 is 11.9 Å². The standard InChI is InChI=1S/C10H12O7/c1-2-3-6(12)16-4-5(11)9-7(13)8(14)10(15)17-9/h2-3,5,9,11,13-14H,4H2,1H3. The fourth-order valence-electron chi connectivity index (χ4n) is 1.17. The molecule has 3 N–H and O–H groups in total. The normalized spacial score (nSPS) is 21.8. The number of ether oxygens (including phenoxy) is 2. The van der Waals surface area contributed by atoms with E-state index in [1.54, 1.807) is 6.92 Å². The lowest BCUT2D eigenvalue weighted by atomic mass is 10.2. The number of carbonyl (C=O) groups is 2. The van der Waals surface area contributed by atoms with Gasteiger partial charge in [-0.2, -0.15) is 0 Å². The van der Waals surface area contributed by atoms with Gasteiger partial charge in [0.05, 0.1) is 0 Å². The summed E-state index contributed by atoms with van der Waals surface area (Å²) in [7, 11) is 0. The number of aliphatic hydroxyl groups is 3. The molecule has 2 unspecified atom stereocenters. The summed E-state index contributed by atoms with van der Waals surface area (Å²) in [6, 6.07) is 0. The molecule has 1 aliphatic rings. The Bertz CT molecular complexity index is 382. The number of hydrogen-bond donors (Lipinski definition) is 3. The molecule has 7 nitrogen and oxygen atoms in total. The fourth-order valence-corrected chi connectivity index (χ4v) is 1.17. The van der Waals surface area contributed by atoms with E-state index in [1.165, 1.54) is 6.08 Å². The quantitative estimate of drug-likeness (QED) is 0.460. The Kier molecular flexibility index (Phi) is 4.11. The molecule has 7 heteroatoms. The molecule has 0 aromatic rings. The van der Waals surface area contributed by atoms with Gasteiger partial charge in [0.25, 0.3) is 0 Å². The molecule has 1 heterocycles. The monoisotopic (exact) mass is 244 g/mol. The second-order valence-electron chi connectivity index (χ2n) is 3.26. The van der Waals surface area contributed by atoms with Crippen LogP contribution in [0.15, 0.2) is 23.7 Å². The minimum Gasteiger partial charge on any atom is -0.505 e. The van der Waals surface area contributed by atoms with E-state index in [0.29, 0.717) is 0 Å². The molecular formula is C10H12O7. The molecule has 0 saturated carbocycles. The molecule has 0 fully saturated rings. The Hall–Kier alpha value is -2.02. The van der Waals surface area contributed by atoms with E-state index in [4.69, 9.17) is 5.11 Å². The third kappa shape index (κ3) is 2.97. The molecule has 94 valence electrons. The van der Waals surface area contributed by atoms with Gasteiger partial charge in [-0.05, 0) is 6.92 Å². The van der Waals surface area contributed by atoms with Gasteiger partial charge < -0.3 is 24.8 Å². The van der Waals surface area contributed by atoms with Gasteiger partial charge in [0.2, 0.25) is 5.76 Å². The van der Waals surface area contributed by atoms with Crippen LogP contribution in [0.1, 0.15) is 6.92 Å². The van der Waals surface area contributed by atoms with Gasteiger partial charge >= 0.3 is 11.9 Å². The number of carbonyl (C=O) groups excluding carboxylic acids is 2. The summed E-state index contributed by atoms with van der Waals surface area (Å²) in [6.45, 7) is 1.14. The van der Waals surface area contributed by atoms with Crippen molar-refractivity contribution in [3.63, 3.8) is 0 Å². The third-order valence-electron chi connectivity index (χ3n) is 1.99. The molecule has 0 aliphatic carbocycles. The highest BCUT2D eigenvalue weighted by molar-refractivity contribution is 5.89. The van der Waals surface area contributed by atoms with Crippen LogP contribution in [0.25, 0.3) is 0 Å². The zero-order valence-electron chi connectivity index (χ0n) is 8.99. The van der Waals surface area contributed by atoms with E-state index < -0.39 is 42.3 Å². The van der Waals surface area contributed by atoms with Gasteiger partial charge in [0, 0.05) is 6.08 Å². The largest absolute Gasteiger partial charge is 0.505 e. The van der Waals surface area contributed by atoms with Crippen molar-refractivity contribution in [2.45, 2.75) is 19.1 Å². The van der Waals surface area contributed by atoms with Crippen molar-refractivity contribution < 1.29 is 34.4 Å². The fraction of sp³-hybridized carbons (Fsp3) is 0.400. The maximum Gasteiger partial charge on any atom is 0.377 e. The van der Waals surface area contributed by atoms with Crippen molar-refractivity contribution in [1.29, 1.82) is 0 Å². The van der Waals surface area contributed by atoms with E-state index in [-0.39, 0.29) is 0 Å². The van der Waals surface area contributed by atoms with E-state index in [9.17, 15) is 19.8 Å². The van der Waals surface area contributed by atoms with Crippen molar-refractivity contribution in [3.05, 3.63) is 23.7 Å². The van der Waals surface area contributed by atoms with E-state index in [0.717, 1.165) is 6.08 Å². The summed E-state index contributed by atoms with van der Waals surface area (Å²) in [5, 5.41) is 27.7. The number of cyclic esters (lactones) is 1. The first-order chi connectivity index (χ1) is 7.97. The molecule has 0 bridgehead atoms. The first-order valence-electron chi connectivity index (χ1n) is 4.78. The molecular weight excluding hydrogens is 232 g/mol. The number of rotatable bonds is 4. The van der Waals surface area contributed by atoms with Crippen molar-refractivity contribution in [1.82, 2.24) is 0 Å². The number of allylic oxidation sites excluding steroid dienone is 1. The Labute approximate surface area is 96.6 Å². The van der Waals surface area contributed by atoms with E-state index >= 15 is 0 Å². The number of hydrogen-bond acceptors (Lipinski definition) is 7. The summed E-state index contributed by atoms with van der Waals surface area (Å²) >= 11 is 0. The molecule has 0 radical (unpaired) electrons. The summed E-state index contributed by atoms with van der Waals surface area (Å²) < 4.78 is 9.06. The molecule has 17 heavy (non-hydrogen) atoms. The summed E-state index contributed by atoms with van der Waals surface area (Å²) in [6.07, 6.45) is -0.271. The smallest absolute Gasteiger partial charge is 0.377 e. The van der Waals surface area contributed by atoms with Gasteiger partial charge in [-0.15, -0.1) is 0 Å². The van der Waals surface area contributed by atoms with Gasteiger partial charge in [-0.25, -0.2) is 9.59 Å². The van der Waals surface area contributed by atoms with Crippen molar-refractivity contribution in [3.8, 4) is 0 Å². The first-order valence-corrected chi connectivity index (χ1v) is 4.78. The van der Waals surface area contributed by atoms with Gasteiger partial charge in [-0.3, -0.25) is 0 Å². The first kappa shape index (κ1) is 13.0. The van der Waals surface area contributed by atoms with Crippen LogP contribution < -0.4 is 0 Å². The van der Waals surface area contributed by atoms with E-state index in [2.05, 4.69) is 9.47 Å². The SMILES string of the molecule is CC=CC(=O)OCC(O)C1OC(=O)C(O)=C1O. The molecule has 0 spiro atoms. The molecule has 0 aromatic carbocycles. The van der Waals surface area contributed by atoms with Crippen LogP contribution in [0.4, 0.5) is 0 Å². The maximum absolute atomic E-state index is 10.9. The second-order valence-corrected chi connectivity index (χ2v) is 3.26. The van der Waals surface area contributed by atoms with Gasteiger partial charge in [0.15, 0.2) is 11.9 Å². The Morgan fingerprint density at radius 2 is 2.24 bits per heavy atom. The van der Waals surface area contributed by atoms with Crippen molar-refractivity contribution in [2.24, 2.45) is 0 Å². The van der Waals surface area contributed by atoms with Crippen LogP contribution in [0, 0.1) is 0 Å². The second kappa shape index (κ2) is 5.35. The van der Waals surface area contributed by atoms with Crippen LogP contribution >= 0.6 is 0 Å². The topological polar surface area (TPSA) is 113 Å². The average molecular weight is 244 g/mol. The predicted octanol–water partition coefficient (Wildman–Crippen LogP) is -0.280. The molecule has 0 amide bonds. The number of esters is 2. The molecule has 0 aromatic heterocycles. The minimum atomic E-state index is -1.45. The molecule has 1 rings (SSSR count). The lowest BCUT2D eigenvalue weighted by Gasteiger charge is -2.16. The van der Waals surface area contributed by atoms with Gasteiger partial charge in [-0.1, -0.05) is 6.08 Å². The minimum absolute atomic E-state index is 0.474. The van der Waals surface area contributed by atoms with Crippen LogP contribution in [0.2, 0.25) is 0 Å². The van der Waals surface area contributed by atoms with Crippen LogP contribution in [0.5, 0.6) is 0 Å². The van der Waals surface area contributed by atoms with Gasteiger partial charge in [0.1, 0.15) is 12.7 Å². The lowest BCUT2D eigenvalue weighted by molar-refractivity contribution is -0.151. The Balaban J connectivity index is 2.53. The van der Waals surface area contributed by atoms with E-state index in [1.807, 2.05) is 0 Å². The zero-order chi connectivity index (χ0) is 13.0. The molecule has 1 aliphatic heterocycles. The van der Waals surface area contributed by atoms with Crippen LogP contribution in [-0.4, -0.2) is 46.1 Å². The maximum atomic E-state index is 10.9. The number of aliphatic hydroxyl groups excluding tert-OH is 3. The highest BCUT2D eigenvalue weighted by Crippen LogP contribution is 2.21. The third-order valence-corrected chi connectivity index (χ3v) is 1.99. The summed E-state index contributed by atoms with van der Waals surface area (Å²) in [5.74, 6) is -3.53. The lowest BCUT2D eigenvalue weighted by Crippen LogP contribution is -2.33. The highest BCUT2D eigenvalue weighted by Gasteiger charge is 2.39. The Morgan fingerprint density at radius 3 is 2.71 bits per heavy atom. The van der Waals surface area contributed by atoms with Crippen molar-refractivity contribution in [2.75, 3.05) is 6.61 Å². The summed E-state index contributed by atoms with van der Waals surface area (Å²) in [5.41, 5.74) is 0. The predicted molar refractivity (Wildman–Crippen MR) is 53.9 cm³/mol. The highest BCUT2D eigenvalue weighted by atomic mass is 16.6. The Morgan fingerprint density at radius 1 is 1.59 bits per heavy atom. The average Bonchev–Trinajstić information content (AvgIpc) is 2.54. The van der Waals surface area contributed by atoms with Crippen LogP contribution in [0.3, 0.4) is 0 Å². The zero-order valence-corrected chi connectivity index (χ0v) is 8.99. The molecule has 2 atom stereocenters. The molecule has 0 saturated heterocycles. The summed E-state index contributed by atoms with van der Waals surface area (Å²) in [4.78, 5) is 21.7. The van der Waals surface area contributed by atoms with Crippen LogP contribution in [-0.2, 0) is 19.1 Å².